The summed E-state index contributed by atoms with van der Waals surface area (Å²) in [5.41, 5.74) is 2.17. The molecule has 0 aliphatic heterocycles. The molecule has 0 aromatic heterocycles. The normalized spacial score (nSPS) is 11.6. The Morgan fingerprint density at radius 3 is 2.56 bits per heavy atom. The van der Waals surface area contributed by atoms with Crippen LogP contribution in [0, 0.1) is 12.3 Å². The smallest absolute Gasteiger partial charge is 0.143 e. The average molecular weight is 235 g/mol. The van der Waals surface area contributed by atoms with Crippen LogP contribution in [0.3, 0.4) is 0 Å². The molecule has 84 valence electrons. The number of rotatable bonds is 4. The Labute approximate surface area is 102 Å². The molecule has 0 heterocycles. The fourth-order valence-corrected chi connectivity index (χ4v) is 1.32. The van der Waals surface area contributed by atoms with Crippen LogP contribution in [0.2, 0.25) is 5.02 Å². The summed E-state index contributed by atoms with van der Waals surface area (Å²) < 4.78 is 5.57. The second-order valence-electron chi connectivity index (χ2n) is 3.71. The molecule has 1 unspecified atom stereocenters. The SMILES string of the molecule is C#CC(OCC=C(C)C)c1ccc(Cl)cc1. The summed E-state index contributed by atoms with van der Waals surface area (Å²) in [6.45, 7) is 4.58. The van der Waals surface area contributed by atoms with E-state index in [0.29, 0.717) is 11.6 Å². The van der Waals surface area contributed by atoms with Crippen LogP contribution in [0.15, 0.2) is 35.9 Å². The van der Waals surface area contributed by atoms with Crippen molar-refractivity contribution in [3.63, 3.8) is 0 Å². The molecule has 1 aromatic carbocycles. The minimum absolute atomic E-state index is 0.312. The molecule has 0 amide bonds. The van der Waals surface area contributed by atoms with E-state index in [1.807, 2.05) is 44.2 Å². The summed E-state index contributed by atoms with van der Waals surface area (Å²) in [5, 5.41) is 0.698. The lowest BCUT2D eigenvalue weighted by Gasteiger charge is -2.11. The number of hydrogen-bond acceptors (Lipinski definition) is 1. The van der Waals surface area contributed by atoms with Gasteiger partial charge in [-0.15, -0.1) is 6.42 Å². The van der Waals surface area contributed by atoms with Crippen molar-refractivity contribution in [1.82, 2.24) is 0 Å². The van der Waals surface area contributed by atoms with Crippen LogP contribution in [0.25, 0.3) is 0 Å². The first kappa shape index (κ1) is 12.8. The molecular weight excluding hydrogens is 220 g/mol. The van der Waals surface area contributed by atoms with Gasteiger partial charge in [-0.05, 0) is 31.5 Å². The fraction of sp³-hybridized carbons (Fsp3) is 0.286. The topological polar surface area (TPSA) is 9.23 Å². The van der Waals surface area contributed by atoms with Crippen molar-refractivity contribution < 1.29 is 4.74 Å². The maximum atomic E-state index is 5.80. The van der Waals surface area contributed by atoms with Crippen LogP contribution in [-0.2, 0) is 4.74 Å². The van der Waals surface area contributed by atoms with Crippen molar-refractivity contribution in [1.29, 1.82) is 0 Å². The summed E-state index contributed by atoms with van der Waals surface area (Å²) in [4.78, 5) is 0. The number of halogens is 1. The third-order valence-corrected chi connectivity index (χ3v) is 2.33. The molecule has 2 heteroatoms. The number of hydrogen-bond donors (Lipinski definition) is 0. The van der Waals surface area contributed by atoms with E-state index in [2.05, 4.69) is 5.92 Å². The van der Waals surface area contributed by atoms with Gasteiger partial charge < -0.3 is 4.74 Å². The Bertz CT molecular complexity index is 394. The van der Waals surface area contributed by atoms with Crippen LogP contribution in [0.5, 0.6) is 0 Å². The predicted octanol–water partition coefficient (Wildman–Crippen LogP) is 4.00. The third-order valence-electron chi connectivity index (χ3n) is 2.08. The summed E-state index contributed by atoms with van der Waals surface area (Å²) in [6, 6.07) is 7.39. The van der Waals surface area contributed by atoms with Gasteiger partial charge in [0.25, 0.3) is 0 Å². The van der Waals surface area contributed by atoms with E-state index < -0.39 is 0 Å². The molecule has 0 radical (unpaired) electrons. The zero-order valence-electron chi connectivity index (χ0n) is 9.53. The molecule has 1 aromatic rings. The Balaban J connectivity index is 2.65. The molecule has 1 rings (SSSR count). The fourth-order valence-electron chi connectivity index (χ4n) is 1.19. The summed E-state index contributed by atoms with van der Waals surface area (Å²) in [7, 11) is 0. The van der Waals surface area contributed by atoms with Gasteiger partial charge in [-0.2, -0.15) is 0 Å². The monoisotopic (exact) mass is 234 g/mol. The van der Waals surface area contributed by atoms with Crippen LogP contribution in [0.1, 0.15) is 25.5 Å². The molecule has 0 aliphatic carbocycles. The van der Waals surface area contributed by atoms with E-state index in [0.717, 1.165) is 5.56 Å². The van der Waals surface area contributed by atoms with Gasteiger partial charge in [0.05, 0.1) is 6.61 Å². The van der Waals surface area contributed by atoms with E-state index in [9.17, 15) is 0 Å². The van der Waals surface area contributed by atoms with Gasteiger partial charge >= 0.3 is 0 Å². The highest BCUT2D eigenvalue weighted by Crippen LogP contribution is 2.19. The lowest BCUT2D eigenvalue weighted by atomic mass is 10.1. The molecule has 0 fully saturated rings. The molecule has 0 saturated heterocycles. The van der Waals surface area contributed by atoms with Crippen LogP contribution < -0.4 is 0 Å². The highest BCUT2D eigenvalue weighted by Gasteiger charge is 2.07. The molecule has 1 nitrogen and oxygen atoms in total. The first-order valence-electron chi connectivity index (χ1n) is 5.10. The molecule has 0 spiro atoms. The second kappa shape index (κ2) is 6.37. The van der Waals surface area contributed by atoms with Gasteiger partial charge in [0.2, 0.25) is 0 Å². The number of terminal acetylenes is 1. The molecular formula is C14H15ClO. The van der Waals surface area contributed by atoms with Crippen LogP contribution >= 0.6 is 11.6 Å². The lowest BCUT2D eigenvalue weighted by molar-refractivity contribution is 0.117. The Hall–Kier alpha value is -1.23. The highest BCUT2D eigenvalue weighted by molar-refractivity contribution is 6.30. The van der Waals surface area contributed by atoms with Gasteiger partial charge in [-0.1, -0.05) is 41.3 Å². The van der Waals surface area contributed by atoms with Crippen LogP contribution in [-0.4, -0.2) is 6.61 Å². The van der Waals surface area contributed by atoms with E-state index in [1.165, 1.54) is 5.57 Å². The quantitative estimate of drug-likeness (QED) is 0.565. The second-order valence-corrected chi connectivity index (χ2v) is 4.15. The van der Waals surface area contributed by atoms with Crippen LogP contribution in [0.4, 0.5) is 0 Å². The molecule has 16 heavy (non-hydrogen) atoms. The number of allylic oxidation sites excluding steroid dienone is 1. The Morgan fingerprint density at radius 2 is 2.06 bits per heavy atom. The zero-order valence-corrected chi connectivity index (χ0v) is 10.3. The standard InChI is InChI=1S/C14H15ClO/c1-4-14(16-10-9-11(2)3)12-5-7-13(15)8-6-12/h1,5-9,14H,10H2,2-3H3. The number of ether oxygens (including phenoxy) is 1. The third kappa shape index (κ3) is 4.10. The van der Waals surface area contributed by atoms with E-state index >= 15 is 0 Å². The highest BCUT2D eigenvalue weighted by atomic mass is 35.5. The molecule has 0 bridgehead atoms. The zero-order chi connectivity index (χ0) is 12.0. The van der Waals surface area contributed by atoms with Gasteiger partial charge in [-0.25, -0.2) is 0 Å². The van der Waals surface area contributed by atoms with Gasteiger partial charge in [0.15, 0.2) is 0 Å². The van der Waals surface area contributed by atoms with Crippen molar-refractivity contribution in [3.8, 4) is 12.3 Å². The Morgan fingerprint density at radius 1 is 1.44 bits per heavy atom. The molecule has 0 aliphatic rings. The first-order valence-corrected chi connectivity index (χ1v) is 5.48. The largest absolute Gasteiger partial charge is 0.357 e. The maximum absolute atomic E-state index is 5.80. The minimum atomic E-state index is -0.312. The van der Waals surface area contributed by atoms with Crippen molar-refractivity contribution in [2.24, 2.45) is 0 Å². The molecule has 1 atom stereocenters. The molecule has 0 saturated carbocycles. The van der Waals surface area contributed by atoms with E-state index in [1.54, 1.807) is 0 Å². The van der Waals surface area contributed by atoms with Gasteiger partial charge in [-0.3, -0.25) is 0 Å². The average Bonchev–Trinajstić information content (AvgIpc) is 2.26. The van der Waals surface area contributed by atoms with Crippen molar-refractivity contribution in [3.05, 3.63) is 46.5 Å². The maximum Gasteiger partial charge on any atom is 0.143 e. The van der Waals surface area contributed by atoms with E-state index in [-0.39, 0.29) is 6.10 Å². The summed E-state index contributed by atoms with van der Waals surface area (Å²) in [6.07, 6.45) is 7.12. The van der Waals surface area contributed by atoms with Gasteiger partial charge in [0, 0.05) is 5.02 Å². The van der Waals surface area contributed by atoms with Crippen molar-refractivity contribution in [2.75, 3.05) is 6.61 Å². The predicted molar refractivity (Wildman–Crippen MR) is 68.4 cm³/mol. The first-order chi connectivity index (χ1) is 7.63. The Kier molecular flexibility index (Phi) is 5.11. The minimum Gasteiger partial charge on any atom is -0.357 e. The van der Waals surface area contributed by atoms with E-state index in [4.69, 9.17) is 22.8 Å². The summed E-state index contributed by atoms with van der Waals surface area (Å²) in [5.74, 6) is 2.62. The van der Waals surface area contributed by atoms with Gasteiger partial charge in [0.1, 0.15) is 6.10 Å². The molecule has 0 N–H and O–H groups in total. The van der Waals surface area contributed by atoms with Crippen molar-refractivity contribution >= 4 is 11.6 Å². The number of benzene rings is 1. The van der Waals surface area contributed by atoms with Crippen molar-refractivity contribution in [2.45, 2.75) is 20.0 Å². The summed E-state index contributed by atoms with van der Waals surface area (Å²) >= 11 is 5.80. The lowest BCUT2D eigenvalue weighted by Crippen LogP contribution is -2.02.